The molecule has 0 radical (unpaired) electrons. The molecule has 0 unspecified atom stereocenters. The quantitative estimate of drug-likeness (QED) is 0.869. The van der Waals surface area contributed by atoms with E-state index in [9.17, 15) is 8.42 Å². The molecule has 0 bridgehead atoms. The van der Waals surface area contributed by atoms with E-state index in [-0.39, 0.29) is 0 Å². The van der Waals surface area contributed by atoms with Gasteiger partial charge in [0.25, 0.3) is 0 Å². The highest BCUT2D eigenvalue weighted by Gasteiger charge is 2.27. The number of piperidine rings is 1. The van der Waals surface area contributed by atoms with Gasteiger partial charge < -0.3 is 5.32 Å². The Morgan fingerprint density at radius 1 is 1.33 bits per heavy atom. The van der Waals surface area contributed by atoms with Crippen molar-refractivity contribution in [2.75, 3.05) is 31.4 Å². The largest absolute Gasteiger partial charge is 0.319 e. The van der Waals surface area contributed by atoms with E-state index >= 15 is 0 Å². The topological polar surface area (TPSA) is 61.4 Å². The molecular weight excluding hydrogens is 310 g/mol. The van der Waals surface area contributed by atoms with Crippen LogP contribution in [0.5, 0.6) is 0 Å². The van der Waals surface area contributed by atoms with E-state index in [1.54, 1.807) is 18.2 Å². The summed E-state index contributed by atoms with van der Waals surface area (Å²) in [5.74, 6) is 0.551. The molecule has 1 aliphatic rings. The van der Waals surface area contributed by atoms with Crippen LogP contribution >= 0.6 is 11.6 Å². The minimum absolute atomic E-state index is 0.503. The van der Waals surface area contributed by atoms with Gasteiger partial charge in [-0.3, -0.25) is 4.72 Å². The molecular formula is C14H22ClN3O2S. The molecule has 1 saturated heterocycles. The fourth-order valence-corrected chi connectivity index (χ4v) is 3.94. The molecule has 2 rings (SSSR count). The maximum Gasteiger partial charge on any atom is 0.301 e. The van der Waals surface area contributed by atoms with Gasteiger partial charge >= 0.3 is 10.2 Å². The molecule has 1 fully saturated rings. The lowest BCUT2D eigenvalue weighted by Gasteiger charge is -2.31. The summed E-state index contributed by atoms with van der Waals surface area (Å²) >= 11 is 6.03. The highest BCUT2D eigenvalue weighted by atomic mass is 35.5. The van der Waals surface area contributed by atoms with E-state index in [2.05, 4.69) is 10.0 Å². The summed E-state index contributed by atoms with van der Waals surface area (Å²) in [5.41, 5.74) is 1.43. The average molecular weight is 332 g/mol. The maximum atomic E-state index is 12.4. The van der Waals surface area contributed by atoms with E-state index in [0.717, 1.165) is 24.9 Å². The van der Waals surface area contributed by atoms with Crippen molar-refractivity contribution in [1.82, 2.24) is 9.62 Å². The molecule has 0 amide bonds. The van der Waals surface area contributed by atoms with Crippen molar-refractivity contribution in [2.45, 2.75) is 19.8 Å². The standard InChI is InChI=1S/C14H22ClN3O2S/c1-11-3-4-13(9-14(11)15)17-21(19,20)18-7-5-12(6-8-18)10-16-2/h3-4,9,12,16-17H,5-8,10H2,1-2H3. The van der Waals surface area contributed by atoms with Gasteiger partial charge in [-0.25, -0.2) is 0 Å². The predicted octanol–water partition coefficient (Wildman–Crippen LogP) is 2.24. The zero-order valence-corrected chi connectivity index (χ0v) is 14.0. The number of nitrogens with one attached hydrogen (secondary N) is 2. The van der Waals surface area contributed by atoms with Gasteiger partial charge in [0.2, 0.25) is 0 Å². The summed E-state index contributed by atoms with van der Waals surface area (Å²) in [4.78, 5) is 0. The second-order valence-electron chi connectivity index (χ2n) is 5.47. The summed E-state index contributed by atoms with van der Waals surface area (Å²) in [6, 6.07) is 5.17. The second-order valence-corrected chi connectivity index (χ2v) is 7.55. The molecule has 0 atom stereocenters. The maximum absolute atomic E-state index is 12.4. The lowest BCUT2D eigenvalue weighted by atomic mass is 9.98. The Morgan fingerprint density at radius 3 is 2.57 bits per heavy atom. The first-order valence-corrected chi connectivity index (χ1v) is 8.93. The van der Waals surface area contributed by atoms with Crippen LogP contribution in [0.1, 0.15) is 18.4 Å². The number of benzene rings is 1. The molecule has 2 N–H and O–H groups in total. The fraction of sp³-hybridized carbons (Fsp3) is 0.571. The Balaban J connectivity index is 2.00. The molecule has 0 saturated carbocycles. The number of hydrogen-bond acceptors (Lipinski definition) is 3. The summed E-state index contributed by atoms with van der Waals surface area (Å²) in [6.45, 7) is 3.94. The van der Waals surface area contributed by atoms with Crippen molar-refractivity contribution >= 4 is 27.5 Å². The molecule has 1 heterocycles. The minimum Gasteiger partial charge on any atom is -0.319 e. The third kappa shape index (κ3) is 4.32. The van der Waals surface area contributed by atoms with E-state index in [4.69, 9.17) is 11.6 Å². The van der Waals surface area contributed by atoms with Crippen LogP contribution in [0.15, 0.2) is 18.2 Å². The first kappa shape index (κ1) is 16.5. The van der Waals surface area contributed by atoms with Crippen LogP contribution in [-0.2, 0) is 10.2 Å². The number of nitrogens with zero attached hydrogens (tertiary/aromatic N) is 1. The van der Waals surface area contributed by atoms with Crippen LogP contribution in [0.25, 0.3) is 0 Å². The lowest BCUT2D eigenvalue weighted by molar-refractivity contribution is 0.272. The summed E-state index contributed by atoms with van der Waals surface area (Å²) in [5, 5.41) is 3.70. The summed E-state index contributed by atoms with van der Waals surface area (Å²) in [6.07, 6.45) is 1.77. The Morgan fingerprint density at radius 2 is 2.00 bits per heavy atom. The van der Waals surface area contributed by atoms with Gasteiger partial charge in [-0.05, 0) is 57.0 Å². The number of aryl methyl sites for hydroxylation is 1. The highest BCUT2D eigenvalue weighted by molar-refractivity contribution is 7.90. The summed E-state index contributed by atoms with van der Waals surface area (Å²) in [7, 11) is -1.58. The Kier molecular flexibility index (Phi) is 5.48. The molecule has 1 aromatic rings. The molecule has 0 aromatic heterocycles. The third-order valence-corrected chi connectivity index (χ3v) is 5.77. The van der Waals surface area contributed by atoms with Crippen LogP contribution in [-0.4, -0.2) is 39.4 Å². The lowest BCUT2D eigenvalue weighted by Crippen LogP contribution is -2.43. The zero-order valence-electron chi connectivity index (χ0n) is 12.4. The highest BCUT2D eigenvalue weighted by Crippen LogP contribution is 2.23. The first-order chi connectivity index (χ1) is 9.92. The van der Waals surface area contributed by atoms with Crippen molar-refractivity contribution in [3.05, 3.63) is 28.8 Å². The van der Waals surface area contributed by atoms with Crippen molar-refractivity contribution < 1.29 is 8.42 Å². The van der Waals surface area contributed by atoms with Gasteiger partial charge in [-0.15, -0.1) is 0 Å². The normalized spacial score (nSPS) is 17.9. The van der Waals surface area contributed by atoms with Crippen molar-refractivity contribution in [3.8, 4) is 0 Å². The van der Waals surface area contributed by atoms with Crippen LogP contribution < -0.4 is 10.0 Å². The minimum atomic E-state index is -3.50. The van der Waals surface area contributed by atoms with Gasteiger partial charge in [0.15, 0.2) is 0 Å². The van der Waals surface area contributed by atoms with E-state index in [0.29, 0.717) is 29.7 Å². The molecule has 0 aliphatic carbocycles. The first-order valence-electron chi connectivity index (χ1n) is 7.11. The van der Waals surface area contributed by atoms with Gasteiger partial charge in [0.1, 0.15) is 0 Å². The van der Waals surface area contributed by atoms with E-state index < -0.39 is 10.2 Å². The zero-order chi connectivity index (χ0) is 15.5. The van der Waals surface area contributed by atoms with Crippen LogP contribution in [0.4, 0.5) is 5.69 Å². The van der Waals surface area contributed by atoms with E-state index in [1.807, 2.05) is 14.0 Å². The number of halogens is 1. The Labute approximate surface area is 131 Å². The predicted molar refractivity (Wildman–Crippen MR) is 87.0 cm³/mol. The van der Waals surface area contributed by atoms with Crippen LogP contribution in [0.3, 0.4) is 0 Å². The van der Waals surface area contributed by atoms with Crippen LogP contribution in [0, 0.1) is 12.8 Å². The molecule has 0 spiro atoms. The van der Waals surface area contributed by atoms with Gasteiger partial charge in [0.05, 0.1) is 5.69 Å². The van der Waals surface area contributed by atoms with Gasteiger partial charge in [0, 0.05) is 18.1 Å². The number of hydrogen-bond donors (Lipinski definition) is 2. The molecule has 7 heteroatoms. The SMILES string of the molecule is CNCC1CCN(S(=O)(=O)Nc2ccc(C)c(Cl)c2)CC1. The molecule has 1 aliphatic heterocycles. The molecule has 5 nitrogen and oxygen atoms in total. The molecule has 21 heavy (non-hydrogen) atoms. The Bertz CT molecular complexity index is 584. The number of rotatable bonds is 5. The number of anilines is 1. The monoisotopic (exact) mass is 331 g/mol. The second kappa shape index (κ2) is 6.96. The van der Waals surface area contributed by atoms with Crippen LogP contribution in [0.2, 0.25) is 5.02 Å². The van der Waals surface area contributed by atoms with Crippen molar-refractivity contribution in [2.24, 2.45) is 5.92 Å². The van der Waals surface area contributed by atoms with Gasteiger partial charge in [-0.2, -0.15) is 12.7 Å². The third-order valence-electron chi connectivity index (χ3n) is 3.82. The fourth-order valence-electron chi connectivity index (χ4n) is 2.51. The average Bonchev–Trinajstić information content (AvgIpc) is 2.44. The molecule has 118 valence electrons. The smallest absolute Gasteiger partial charge is 0.301 e. The summed E-state index contributed by atoms with van der Waals surface area (Å²) < 4.78 is 28.9. The van der Waals surface area contributed by atoms with E-state index in [1.165, 1.54) is 4.31 Å². The molecule has 1 aromatic carbocycles. The van der Waals surface area contributed by atoms with Crippen molar-refractivity contribution in [3.63, 3.8) is 0 Å². The van der Waals surface area contributed by atoms with Crippen molar-refractivity contribution in [1.29, 1.82) is 0 Å². The van der Waals surface area contributed by atoms with Gasteiger partial charge in [-0.1, -0.05) is 17.7 Å². The Hall–Kier alpha value is -0.820.